The standard InChI is InChI=1S/C19H24F3N3O4S/c20-19(21,22)17(3-4-17)16(27)25-9-12(30(28,29)10-11-1-2-11)7-13(25)15(26)24-18(5-6-18)14-8-23-14/h8,11-14H,1-7,9-10H2,(H,24,26)/t12-,13+,14?/m1/s1. The average molecular weight is 447 g/mol. The van der Waals surface area contributed by atoms with Crippen molar-refractivity contribution >= 4 is 27.9 Å². The number of carbonyl (C=O) groups is 2. The number of sulfone groups is 1. The van der Waals surface area contributed by atoms with Gasteiger partial charge in [0.05, 0.1) is 16.5 Å². The number of nitrogens with zero attached hydrogens (tertiary/aromatic N) is 2. The van der Waals surface area contributed by atoms with Gasteiger partial charge in [-0.2, -0.15) is 13.2 Å². The average Bonchev–Trinajstić information content (AvgIpc) is 3.48. The lowest BCUT2D eigenvalue weighted by atomic mass is 10.0. The summed E-state index contributed by atoms with van der Waals surface area (Å²) >= 11 is 0. The largest absolute Gasteiger partial charge is 0.403 e. The second-order valence-electron chi connectivity index (χ2n) is 9.57. The van der Waals surface area contributed by atoms with Crippen LogP contribution in [-0.4, -0.2) is 72.7 Å². The van der Waals surface area contributed by atoms with Gasteiger partial charge in [0, 0.05) is 12.8 Å². The first kappa shape index (κ1) is 20.3. The fourth-order valence-corrected chi connectivity index (χ4v) is 6.71. The molecule has 2 heterocycles. The first-order chi connectivity index (χ1) is 14.0. The van der Waals surface area contributed by atoms with Crippen LogP contribution in [0.3, 0.4) is 0 Å². The van der Waals surface area contributed by atoms with Crippen molar-refractivity contribution in [3.05, 3.63) is 0 Å². The minimum absolute atomic E-state index is 0.0295. The second-order valence-corrected chi connectivity index (χ2v) is 11.9. The third-order valence-electron chi connectivity index (χ3n) is 7.23. The summed E-state index contributed by atoms with van der Waals surface area (Å²) in [7, 11) is -3.60. The lowest BCUT2D eigenvalue weighted by Gasteiger charge is -2.30. The van der Waals surface area contributed by atoms with E-state index in [9.17, 15) is 31.2 Å². The molecule has 4 fully saturated rings. The third-order valence-corrected chi connectivity index (χ3v) is 9.52. The second kappa shape index (κ2) is 6.20. The normalized spacial score (nSPS) is 33.3. The molecule has 5 aliphatic rings. The van der Waals surface area contributed by atoms with Gasteiger partial charge in [-0.3, -0.25) is 14.6 Å². The third kappa shape index (κ3) is 3.33. The predicted octanol–water partition coefficient (Wildman–Crippen LogP) is 1.22. The van der Waals surface area contributed by atoms with Crippen LogP contribution in [0.4, 0.5) is 13.2 Å². The van der Waals surface area contributed by atoms with Crippen molar-refractivity contribution in [1.82, 2.24) is 10.2 Å². The maximum atomic E-state index is 13.6. The van der Waals surface area contributed by atoms with Crippen LogP contribution in [-0.2, 0) is 19.4 Å². The summed E-state index contributed by atoms with van der Waals surface area (Å²) in [6.07, 6.45) is -0.743. The van der Waals surface area contributed by atoms with Crippen LogP contribution in [0.5, 0.6) is 0 Å². The van der Waals surface area contributed by atoms with Gasteiger partial charge in [0.2, 0.25) is 11.8 Å². The van der Waals surface area contributed by atoms with Crippen molar-refractivity contribution in [3.8, 4) is 0 Å². The smallest absolute Gasteiger partial charge is 0.346 e. The molecule has 0 aromatic heterocycles. The number of halogens is 3. The van der Waals surface area contributed by atoms with Crippen molar-refractivity contribution in [2.24, 2.45) is 16.3 Å². The van der Waals surface area contributed by atoms with Crippen LogP contribution in [0.15, 0.2) is 4.99 Å². The first-order valence-electron chi connectivity index (χ1n) is 10.4. The van der Waals surface area contributed by atoms with Gasteiger partial charge in [-0.15, -0.1) is 0 Å². The summed E-state index contributed by atoms with van der Waals surface area (Å²) in [6, 6.07) is -1.31. The van der Waals surface area contributed by atoms with E-state index in [1.165, 1.54) is 0 Å². The number of hydrogen-bond donors (Lipinski definition) is 1. The summed E-state index contributed by atoms with van der Waals surface area (Å²) in [5.74, 6) is -1.68. The minimum atomic E-state index is -4.71. The van der Waals surface area contributed by atoms with E-state index in [1.54, 1.807) is 6.21 Å². The van der Waals surface area contributed by atoms with E-state index in [0.29, 0.717) is 12.8 Å². The highest BCUT2D eigenvalue weighted by molar-refractivity contribution is 7.92. The van der Waals surface area contributed by atoms with Crippen LogP contribution >= 0.6 is 0 Å². The van der Waals surface area contributed by atoms with Gasteiger partial charge in [0.15, 0.2) is 9.84 Å². The summed E-state index contributed by atoms with van der Waals surface area (Å²) in [6.45, 7) is -0.350. The molecule has 3 atom stereocenters. The van der Waals surface area contributed by atoms with Gasteiger partial charge in [0.25, 0.3) is 0 Å². The van der Waals surface area contributed by atoms with Gasteiger partial charge in [-0.05, 0) is 50.9 Å². The van der Waals surface area contributed by atoms with E-state index in [-0.39, 0.29) is 43.5 Å². The van der Waals surface area contributed by atoms with Crippen LogP contribution in [0.25, 0.3) is 0 Å². The lowest BCUT2D eigenvalue weighted by molar-refractivity contribution is -0.199. The summed E-state index contributed by atoms with van der Waals surface area (Å²) in [5.41, 5.74) is -2.99. The van der Waals surface area contributed by atoms with Gasteiger partial charge >= 0.3 is 6.18 Å². The Morgan fingerprint density at radius 2 is 1.80 bits per heavy atom. The summed E-state index contributed by atoms with van der Waals surface area (Å²) in [4.78, 5) is 30.9. The quantitative estimate of drug-likeness (QED) is 0.635. The zero-order valence-corrected chi connectivity index (χ0v) is 17.1. The zero-order chi connectivity index (χ0) is 21.5. The molecule has 0 radical (unpaired) electrons. The van der Waals surface area contributed by atoms with E-state index in [0.717, 1.165) is 17.7 Å². The van der Waals surface area contributed by atoms with Gasteiger partial charge in [-0.1, -0.05) is 0 Å². The molecule has 1 unspecified atom stereocenters. The summed E-state index contributed by atoms with van der Waals surface area (Å²) < 4.78 is 66.2. The Hall–Kier alpha value is -1.65. The molecule has 3 aliphatic carbocycles. The molecule has 166 valence electrons. The molecule has 0 aromatic carbocycles. The SMILES string of the molecule is O=C(NC1(C2C=N2)CC1)[C@@H]1C[C@@H](S(=O)(=O)CC2CC2)CN1C(=O)C1(C(F)(F)F)CC1. The monoisotopic (exact) mass is 447 g/mol. The number of carbonyl (C=O) groups excluding carboxylic acids is 2. The van der Waals surface area contributed by atoms with Crippen LogP contribution < -0.4 is 5.32 Å². The zero-order valence-electron chi connectivity index (χ0n) is 16.3. The molecule has 0 bridgehead atoms. The Morgan fingerprint density at radius 1 is 1.17 bits per heavy atom. The van der Waals surface area contributed by atoms with Gasteiger partial charge < -0.3 is 10.2 Å². The molecule has 30 heavy (non-hydrogen) atoms. The fourth-order valence-electron chi connectivity index (χ4n) is 4.58. The van der Waals surface area contributed by atoms with Crippen molar-refractivity contribution in [1.29, 1.82) is 0 Å². The molecule has 1 saturated heterocycles. The Labute approximate surface area is 172 Å². The van der Waals surface area contributed by atoms with Crippen molar-refractivity contribution < 1.29 is 31.2 Å². The Morgan fingerprint density at radius 3 is 2.27 bits per heavy atom. The number of alkyl halides is 3. The number of nitrogens with one attached hydrogen (secondary N) is 1. The Bertz CT molecular complexity index is 914. The maximum absolute atomic E-state index is 13.6. The van der Waals surface area contributed by atoms with E-state index < -0.39 is 50.1 Å². The van der Waals surface area contributed by atoms with E-state index >= 15 is 0 Å². The highest BCUT2D eigenvalue weighted by Crippen LogP contribution is 2.59. The molecule has 7 nitrogen and oxygen atoms in total. The Kier molecular flexibility index (Phi) is 4.19. The van der Waals surface area contributed by atoms with E-state index in [1.807, 2.05) is 0 Å². The molecular formula is C19H24F3N3O4S. The first-order valence-corrected chi connectivity index (χ1v) is 12.1. The number of aliphatic imine (C=N–C) groups is 1. The highest BCUT2D eigenvalue weighted by atomic mass is 32.2. The maximum Gasteiger partial charge on any atom is 0.403 e. The van der Waals surface area contributed by atoms with E-state index in [2.05, 4.69) is 10.3 Å². The molecule has 2 amide bonds. The minimum Gasteiger partial charge on any atom is -0.346 e. The molecular weight excluding hydrogens is 423 g/mol. The highest BCUT2D eigenvalue weighted by Gasteiger charge is 2.70. The van der Waals surface area contributed by atoms with Crippen LogP contribution in [0.2, 0.25) is 0 Å². The number of amides is 2. The van der Waals surface area contributed by atoms with Crippen LogP contribution in [0, 0.1) is 11.3 Å². The van der Waals surface area contributed by atoms with Crippen molar-refractivity contribution in [3.63, 3.8) is 0 Å². The molecule has 0 aromatic rings. The number of rotatable bonds is 7. The lowest BCUT2D eigenvalue weighted by Crippen LogP contribution is -2.54. The molecule has 3 saturated carbocycles. The molecule has 0 spiro atoms. The molecule has 2 aliphatic heterocycles. The number of likely N-dealkylation sites (tertiary alicyclic amines) is 1. The molecule has 5 rings (SSSR count). The van der Waals surface area contributed by atoms with Gasteiger partial charge in [-0.25, -0.2) is 8.42 Å². The fraction of sp³-hybridized carbons (Fsp3) is 0.842. The van der Waals surface area contributed by atoms with Crippen LogP contribution in [0.1, 0.15) is 44.9 Å². The topological polar surface area (TPSA) is 95.9 Å². The van der Waals surface area contributed by atoms with Crippen molar-refractivity contribution in [2.75, 3.05) is 12.3 Å². The number of hydrogen-bond acceptors (Lipinski definition) is 5. The van der Waals surface area contributed by atoms with E-state index in [4.69, 9.17) is 0 Å². The molecule has 1 N–H and O–H groups in total. The van der Waals surface area contributed by atoms with Crippen molar-refractivity contribution in [2.45, 2.75) is 74.0 Å². The summed E-state index contributed by atoms with van der Waals surface area (Å²) in [5, 5.41) is 1.85. The van der Waals surface area contributed by atoms with Gasteiger partial charge in [0.1, 0.15) is 17.5 Å². The predicted molar refractivity (Wildman–Crippen MR) is 101 cm³/mol. The molecule has 11 heteroatoms. The Balaban J connectivity index is 1.38.